The summed E-state index contributed by atoms with van der Waals surface area (Å²) in [6, 6.07) is 10.7. The maximum Gasteiger partial charge on any atom is 0.0441 e. The Morgan fingerprint density at radius 1 is 1.12 bits per heavy atom. The Bertz CT molecular complexity index is 663. The summed E-state index contributed by atoms with van der Waals surface area (Å²) in [4.78, 5) is 2.15. The SMILES string of the molecule is CN(C)c1cccc2c(S(=O)([O-])=S)cccc12. The molecule has 0 heterocycles. The van der Waals surface area contributed by atoms with Gasteiger partial charge in [-0.25, -0.2) is 0 Å². The Morgan fingerprint density at radius 3 is 2.29 bits per heavy atom. The molecule has 0 aliphatic rings. The molecule has 0 spiro atoms. The van der Waals surface area contributed by atoms with E-state index in [1.165, 1.54) is 0 Å². The molecule has 1 atom stereocenters. The molecule has 1 unspecified atom stereocenters. The van der Waals surface area contributed by atoms with Gasteiger partial charge in [-0.3, -0.25) is 4.21 Å². The molecule has 0 saturated carbocycles. The molecule has 0 N–H and O–H groups in total. The second kappa shape index (κ2) is 4.25. The first-order chi connectivity index (χ1) is 7.91. The largest absolute Gasteiger partial charge is 0.766 e. The summed E-state index contributed by atoms with van der Waals surface area (Å²) in [7, 11) is 0.233. The van der Waals surface area contributed by atoms with Crippen LogP contribution >= 0.6 is 0 Å². The summed E-state index contributed by atoms with van der Waals surface area (Å²) >= 11 is 4.55. The number of hydrogen-bond acceptors (Lipinski definition) is 4. The third-order valence-electron chi connectivity index (χ3n) is 2.61. The molecule has 0 saturated heterocycles. The lowest BCUT2D eigenvalue weighted by Gasteiger charge is -2.18. The molecule has 90 valence electrons. The summed E-state index contributed by atoms with van der Waals surface area (Å²) in [5.74, 6) is 0. The second-order valence-corrected chi connectivity index (χ2v) is 6.64. The van der Waals surface area contributed by atoms with Crippen molar-refractivity contribution in [3.05, 3.63) is 36.4 Å². The third-order valence-corrected chi connectivity index (χ3v) is 4.04. The van der Waals surface area contributed by atoms with Crippen molar-refractivity contribution < 1.29 is 8.76 Å². The highest BCUT2D eigenvalue weighted by Gasteiger charge is 2.08. The van der Waals surface area contributed by atoms with Crippen LogP contribution in [0.1, 0.15) is 0 Å². The highest BCUT2D eigenvalue weighted by molar-refractivity contribution is 8.29. The Balaban J connectivity index is 2.89. The lowest BCUT2D eigenvalue weighted by molar-refractivity contribution is 0.535. The average molecular weight is 266 g/mol. The molecule has 0 fully saturated rings. The Kier molecular flexibility index (Phi) is 3.07. The first-order valence-corrected chi connectivity index (χ1v) is 7.47. The fraction of sp³-hybridized carbons (Fsp3) is 0.167. The van der Waals surface area contributed by atoms with Crippen LogP contribution in [-0.4, -0.2) is 22.9 Å². The van der Waals surface area contributed by atoms with Crippen LogP contribution in [0.5, 0.6) is 0 Å². The van der Waals surface area contributed by atoms with E-state index in [0.29, 0.717) is 5.39 Å². The van der Waals surface area contributed by atoms with Crippen molar-refractivity contribution in [2.45, 2.75) is 4.90 Å². The molecule has 0 amide bonds. The number of rotatable bonds is 2. The van der Waals surface area contributed by atoms with Crippen LogP contribution in [0.15, 0.2) is 41.3 Å². The topological polar surface area (TPSA) is 43.4 Å². The minimum Gasteiger partial charge on any atom is -0.766 e. The fourth-order valence-corrected chi connectivity index (χ4v) is 3.00. The van der Waals surface area contributed by atoms with Gasteiger partial charge in [-0.2, -0.15) is 0 Å². The van der Waals surface area contributed by atoms with Gasteiger partial charge in [0.05, 0.1) is 0 Å². The number of nitrogens with zero attached hydrogens (tertiary/aromatic N) is 1. The molecule has 2 aromatic carbocycles. The van der Waals surface area contributed by atoms with Crippen LogP contribution in [-0.2, 0) is 20.0 Å². The van der Waals surface area contributed by atoms with Crippen molar-refractivity contribution in [3.8, 4) is 0 Å². The summed E-state index contributed by atoms with van der Waals surface area (Å²) in [6.07, 6.45) is 0. The van der Waals surface area contributed by atoms with Gasteiger partial charge in [-0.1, -0.05) is 24.3 Å². The molecular formula is C12H12NO2S2-. The maximum atomic E-state index is 11.5. The van der Waals surface area contributed by atoms with Gasteiger partial charge in [0.15, 0.2) is 0 Å². The van der Waals surface area contributed by atoms with Crippen LogP contribution in [0.25, 0.3) is 10.8 Å². The first kappa shape index (κ1) is 12.3. The Labute approximate surface area is 106 Å². The van der Waals surface area contributed by atoms with E-state index < -0.39 is 8.77 Å². The lowest BCUT2D eigenvalue weighted by atomic mass is 10.1. The number of benzene rings is 2. The molecule has 3 nitrogen and oxygen atoms in total. The molecule has 0 bridgehead atoms. The van der Waals surface area contributed by atoms with E-state index in [0.717, 1.165) is 11.1 Å². The zero-order valence-electron chi connectivity index (χ0n) is 9.54. The molecule has 0 aliphatic heterocycles. The fourth-order valence-electron chi connectivity index (χ4n) is 1.87. The van der Waals surface area contributed by atoms with Crippen molar-refractivity contribution in [2.75, 3.05) is 19.0 Å². The van der Waals surface area contributed by atoms with Gasteiger partial charge in [-0.05, 0) is 37.5 Å². The van der Waals surface area contributed by atoms with Gasteiger partial charge in [0.2, 0.25) is 0 Å². The monoisotopic (exact) mass is 266 g/mol. The smallest absolute Gasteiger partial charge is 0.0441 e. The van der Waals surface area contributed by atoms with E-state index in [9.17, 15) is 8.76 Å². The molecule has 2 aromatic rings. The van der Waals surface area contributed by atoms with Gasteiger partial charge in [0.25, 0.3) is 0 Å². The summed E-state index contributed by atoms with van der Waals surface area (Å²) < 4.78 is 23.1. The predicted molar refractivity (Wildman–Crippen MR) is 72.8 cm³/mol. The maximum absolute atomic E-state index is 11.5. The van der Waals surface area contributed by atoms with E-state index in [4.69, 9.17) is 0 Å². The number of anilines is 1. The van der Waals surface area contributed by atoms with Gasteiger partial charge in [-0.15, -0.1) is 0 Å². The predicted octanol–water partition coefficient (Wildman–Crippen LogP) is 2.14. The van der Waals surface area contributed by atoms with E-state index in [1.807, 2.05) is 37.2 Å². The minimum absolute atomic E-state index is 0.203. The molecule has 0 radical (unpaired) electrons. The normalized spacial score (nSPS) is 14.5. The summed E-state index contributed by atoms with van der Waals surface area (Å²) in [6.45, 7) is 0. The van der Waals surface area contributed by atoms with E-state index in [1.54, 1.807) is 18.2 Å². The van der Waals surface area contributed by atoms with Crippen molar-refractivity contribution in [1.29, 1.82) is 0 Å². The van der Waals surface area contributed by atoms with Gasteiger partial charge < -0.3 is 9.45 Å². The molecule has 17 heavy (non-hydrogen) atoms. The standard InChI is InChI=1S/C12H13NO2S2/c1-13(2)11-7-3-6-10-9(11)5-4-8-12(10)17(14,15)16/h3-8H,1-2H3,(H,14,15,16)/p-1. The zero-order chi connectivity index (χ0) is 12.6. The molecule has 5 heteroatoms. The highest BCUT2D eigenvalue weighted by Crippen LogP contribution is 2.29. The van der Waals surface area contributed by atoms with Crippen molar-refractivity contribution in [2.24, 2.45) is 0 Å². The Morgan fingerprint density at radius 2 is 1.71 bits per heavy atom. The van der Waals surface area contributed by atoms with E-state index >= 15 is 0 Å². The van der Waals surface area contributed by atoms with Crippen LogP contribution < -0.4 is 4.90 Å². The average Bonchev–Trinajstić information content (AvgIpc) is 2.26. The van der Waals surface area contributed by atoms with Gasteiger partial charge in [0, 0.05) is 30.1 Å². The number of hydrogen-bond donors (Lipinski definition) is 0. The van der Waals surface area contributed by atoms with Crippen molar-refractivity contribution >= 4 is 36.4 Å². The van der Waals surface area contributed by atoms with E-state index in [-0.39, 0.29) is 4.90 Å². The highest BCUT2D eigenvalue weighted by atomic mass is 32.8. The van der Waals surface area contributed by atoms with E-state index in [2.05, 4.69) is 11.2 Å². The van der Waals surface area contributed by atoms with Crippen molar-refractivity contribution in [3.63, 3.8) is 0 Å². The lowest BCUT2D eigenvalue weighted by Crippen LogP contribution is -2.09. The molecule has 0 aliphatic carbocycles. The minimum atomic E-state index is -3.61. The first-order valence-electron chi connectivity index (χ1n) is 5.06. The molecular weight excluding hydrogens is 254 g/mol. The number of fused-ring (bicyclic) bond motifs is 1. The van der Waals surface area contributed by atoms with Crippen molar-refractivity contribution in [1.82, 2.24) is 0 Å². The molecule has 2 rings (SSSR count). The van der Waals surface area contributed by atoms with Crippen LogP contribution in [0.4, 0.5) is 5.69 Å². The van der Waals surface area contributed by atoms with Gasteiger partial charge in [0.1, 0.15) is 0 Å². The van der Waals surface area contributed by atoms with Crippen LogP contribution in [0, 0.1) is 0 Å². The Hall–Kier alpha value is -1.17. The molecule has 0 aromatic heterocycles. The second-order valence-electron chi connectivity index (χ2n) is 3.98. The van der Waals surface area contributed by atoms with Crippen LogP contribution in [0.3, 0.4) is 0 Å². The quantitative estimate of drug-likeness (QED) is 0.835. The summed E-state index contributed by atoms with van der Waals surface area (Å²) in [5, 5.41) is 1.57. The summed E-state index contributed by atoms with van der Waals surface area (Å²) in [5.41, 5.74) is 0.975. The van der Waals surface area contributed by atoms with Crippen LogP contribution in [0.2, 0.25) is 0 Å². The zero-order valence-corrected chi connectivity index (χ0v) is 11.2. The van der Waals surface area contributed by atoms with Gasteiger partial charge >= 0.3 is 0 Å². The third kappa shape index (κ3) is 2.26.